The highest BCUT2D eigenvalue weighted by atomic mass is 32.2. The van der Waals surface area contributed by atoms with Gasteiger partial charge < -0.3 is 20.8 Å². The van der Waals surface area contributed by atoms with Crippen LogP contribution in [0.1, 0.15) is 11.1 Å². The lowest BCUT2D eigenvalue weighted by molar-refractivity contribution is 0.262. The van der Waals surface area contributed by atoms with Crippen molar-refractivity contribution in [3.05, 3.63) is 108 Å². The lowest BCUT2D eigenvalue weighted by Crippen LogP contribution is -2.21. The Hall–Kier alpha value is -5.97. The fourth-order valence-corrected chi connectivity index (χ4v) is 9.66. The highest BCUT2D eigenvalue weighted by molar-refractivity contribution is 7.93. The summed E-state index contributed by atoms with van der Waals surface area (Å²) in [7, 11) is -18.2. The van der Waals surface area contributed by atoms with Crippen LogP contribution >= 0.6 is 0 Å². The summed E-state index contributed by atoms with van der Waals surface area (Å²) in [5, 5.41) is 25.2. The lowest BCUT2D eigenvalue weighted by atomic mass is 10.1. The largest absolute Gasteiger partial charge is 0.507 e. The zero-order valence-corrected chi connectivity index (χ0v) is 32.1. The Balaban J connectivity index is 1.17. The number of phenols is 2. The van der Waals surface area contributed by atoms with E-state index in [1.807, 2.05) is 0 Å². The molecular formula is C35H30N4O13S4. The number of aromatic hydroxyl groups is 2. The second kappa shape index (κ2) is 14.3. The molecule has 0 radical (unpaired) electrons. The Labute approximate surface area is 320 Å². The van der Waals surface area contributed by atoms with Gasteiger partial charge in [0.2, 0.25) is 0 Å². The molecule has 0 unspecified atom stereocenters. The average molecular weight is 843 g/mol. The summed E-state index contributed by atoms with van der Waals surface area (Å²) in [4.78, 5) is 11.3. The van der Waals surface area contributed by atoms with Gasteiger partial charge in [-0.3, -0.25) is 18.5 Å². The fraction of sp³-hybridized carbons (Fsp3) is 0.0571. The van der Waals surface area contributed by atoms with Crippen LogP contribution < -0.4 is 20.1 Å². The van der Waals surface area contributed by atoms with E-state index in [-0.39, 0.29) is 54.1 Å². The van der Waals surface area contributed by atoms with Crippen LogP contribution in [0.2, 0.25) is 0 Å². The number of nitrogens with one attached hydrogen (secondary N) is 4. The molecule has 0 fully saturated rings. The van der Waals surface area contributed by atoms with E-state index in [9.17, 15) is 57.8 Å². The predicted molar refractivity (Wildman–Crippen MR) is 207 cm³/mol. The topological polar surface area (TPSA) is 283 Å². The standard InChI is InChI=1S/C35H30N4O13S4/c1-19-17-21(53(43,44)38-27-13-15-29(40)33-23(27)5-3-7-31(33)55(47,48)49)9-11-25(19)36-35(42)37-26-12-10-22(18-20(26)2)54(45,46)39-28-14-16-30(41)34-24(28)6-4-8-32(34)56(50,51)52/h3-18,38-41H,1-2H3,(H2,36,37,42)(H,47,48,49)(H,50,51,52). The SMILES string of the molecule is Cc1cc(S(=O)(=O)Nc2ccc(O)c3c(S(=O)(=O)O)cccc23)ccc1NC(=O)Nc1ccc(S(=O)(=O)Nc2ccc(O)c3c(S(=O)(=O)O)cccc23)cc1C. The maximum atomic E-state index is 13.4. The lowest BCUT2D eigenvalue weighted by Gasteiger charge is -2.16. The fourth-order valence-electron chi connectivity index (χ4n) is 5.89. The van der Waals surface area contributed by atoms with E-state index in [2.05, 4.69) is 20.1 Å². The number of anilines is 4. The predicted octanol–water partition coefficient (Wildman–Crippen LogP) is 5.76. The van der Waals surface area contributed by atoms with Gasteiger partial charge in [-0.1, -0.05) is 24.3 Å². The quantitative estimate of drug-likeness (QED) is 0.0602. The Morgan fingerprint density at radius 3 is 1.20 bits per heavy atom. The summed E-state index contributed by atoms with van der Waals surface area (Å²) < 4.78 is 125. The number of phenolic OH excluding ortho intramolecular Hbond substituents is 2. The van der Waals surface area contributed by atoms with E-state index in [4.69, 9.17) is 0 Å². The van der Waals surface area contributed by atoms with Gasteiger partial charge in [-0.2, -0.15) is 16.8 Å². The summed E-state index contributed by atoms with van der Waals surface area (Å²) in [5.74, 6) is -1.01. The first-order valence-corrected chi connectivity index (χ1v) is 21.7. The van der Waals surface area contributed by atoms with Gasteiger partial charge in [0, 0.05) is 32.9 Å². The van der Waals surface area contributed by atoms with Gasteiger partial charge in [0.15, 0.2) is 0 Å². The van der Waals surface area contributed by atoms with E-state index < -0.39 is 67.6 Å². The minimum absolute atomic E-state index is 0.00426. The van der Waals surface area contributed by atoms with Crippen molar-refractivity contribution in [1.82, 2.24) is 0 Å². The summed E-state index contributed by atoms with van der Waals surface area (Å²) in [5.41, 5.74) is 0.900. The second-order valence-corrected chi connectivity index (χ2v) is 18.5. The first kappa shape index (κ1) is 39.7. The van der Waals surface area contributed by atoms with E-state index in [1.165, 1.54) is 86.6 Å². The number of hydrogen-bond donors (Lipinski definition) is 8. The molecular weight excluding hydrogens is 813 g/mol. The molecule has 0 heterocycles. The van der Waals surface area contributed by atoms with Crippen molar-refractivity contribution in [3.63, 3.8) is 0 Å². The molecule has 0 aliphatic rings. The van der Waals surface area contributed by atoms with Crippen molar-refractivity contribution in [2.45, 2.75) is 33.4 Å². The molecule has 292 valence electrons. The number of carbonyl (C=O) groups excluding carboxylic acids is 1. The molecule has 56 heavy (non-hydrogen) atoms. The number of urea groups is 1. The first-order chi connectivity index (χ1) is 26.1. The van der Waals surface area contributed by atoms with Crippen molar-refractivity contribution >= 4 is 90.6 Å². The van der Waals surface area contributed by atoms with Crippen LogP contribution in [-0.2, 0) is 40.3 Å². The Morgan fingerprint density at radius 2 is 0.857 bits per heavy atom. The van der Waals surface area contributed by atoms with Crippen LogP contribution in [0.15, 0.2) is 117 Å². The Bertz CT molecular complexity index is 2880. The molecule has 6 rings (SSSR count). The summed E-state index contributed by atoms with van der Waals surface area (Å²) >= 11 is 0. The molecule has 2 amide bonds. The van der Waals surface area contributed by atoms with Gasteiger partial charge in [-0.05, 0) is 97.8 Å². The smallest absolute Gasteiger partial charge is 0.323 e. The molecule has 0 aliphatic carbocycles. The minimum atomic E-state index is -4.77. The maximum absolute atomic E-state index is 13.4. The minimum Gasteiger partial charge on any atom is -0.507 e. The van der Waals surface area contributed by atoms with Crippen LogP contribution in [0.4, 0.5) is 27.5 Å². The van der Waals surface area contributed by atoms with Crippen LogP contribution in [0.3, 0.4) is 0 Å². The highest BCUT2D eigenvalue weighted by Crippen LogP contribution is 2.38. The van der Waals surface area contributed by atoms with Gasteiger partial charge in [0.25, 0.3) is 40.3 Å². The average Bonchev–Trinajstić information content (AvgIpc) is 3.11. The van der Waals surface area contributed by atoms with E-state index in [0.29, 0.717) is 11.1 Å². The molecule has 6 aromatic carbocycles. The summed E-state index contributed by atoms with van der Waals surface area (Å²) in [6, 6.07) is 18.8. The number of hydrogen-bond acceptors (Lipinski definition) is 11. The van der Waals surface area contributed by atoms with Crippen LogP contribution in [0, 0.1) is 13.8 Å². The van der Waals surface area contributed by atoms with Gasteiger partial charge in [0.1, 0.15) is 21.3 Å². The molecule has 0 aromatic heterocycles. The number of aryl methyl sites for hydroxylation is 2. The zero-order valence-electron chi connectivity index (χ0n) is 28.8. The van der Waals surface area contributed by atoms with Crippen LogP contribution in [0.25, 0.3) is 21.5 Å². The Kier molecular flexibility index (Phi) is 10.1. The molecule has 8 N–H and O–H groups in total. The van der Waals surface area contributed by atoms with Crippen LogP contribution in [0.5, 0.6) is 11.5 Å². The number of amides is 2. The molecule has 0 aliphatic heterocycles. The number of benzene rings is 6. The maximum Gasteiger partial charge on any atom is 0.323 e. The molecule has 0 saturated heterocycles. The number of carbonyl (C=O) groups is 1. The van der Waals surface area contributed by atoms with Crippen molar-refractivity contribution < 1.29 is 57.8 Å². The number of sulfonamides is 2. The number of fused-ring (bicyclic) bond motifs is 2. The molecule has 0 saturated carbocycles. The van der Waals surface area contributed by atoms with E-state index in [0.717, 1.165) is 24.3 Å². The second-order valence-electron chi connectivity index (χ2n) is 12.3. The molecule has 21 heteroatoms. The van der Waals surface area contributed by atoms with E-state index >= 15 is 0 Å². The number of rotatable bonds is 10. The molecule has 0 atom stereocenters. The molecule has 6 aromatic rings. The summed E-state index contributed by atoms with van der Waals surface area (Å²) in [6.07, 6.45) is 0. The third-order valence-electron chi connectivity index (χ3n) is 8.52. The van der Waals surface area contributed by atoms with Gasteiger partial charge in [-0.25, -0.2) is 21.6 Å². The third-order valence-corrected chi connectivity index (χ3v) is 13.0. The Morgan fingerprint density at radius 1 is 0.500 bits per heavy atom. The van der Waals surface area contributed by atoms with Crippen molar-refractivity contribution in [2.75, 3.05) is 20.1 Å². The van der Waals surface area contributed by atoms with Gasteiger partial charge >= 0.3 is 6.03 Å². The first-order valence-electron chi connectivity index (χ1n) is 15.9. The van der Waals surface area contributed by atoms with Crippen LogP contribution in [-0.4, -0.2) is 59.0 Å². The zero-order chi connectivity index (χ0) is 41.0. The monoisotopic (exact) mass is 842 g/mol. The normalized spacial score (nSPS) is 12.4. The summed E-state index contributed by atoms with van der Waals surface area (Å²) in [6.45, 7) is 3.06. The van der Waals surface area contributed by atoms with Crippen molar-refractivity contribution in [1.29, 1.82) is 0 Å². The molecule has 0 bridgehead atoms. The van der Waals surface area contributed by atoms with Crippen molar-refractivity contribution in [3.8, 4) is 11.5 Å². The highest BCUT2D eigenvalue weighted by Gasteiger charge is 2.24. The van der Waals surface area contributed by atoms with Gasteiger partial charge in [0.05, 0.1) is 21.2 Å². The third kappa shape index (κ3) is 7.89. The van der Waals surface area contributed by atoms with Gasteiger partial charge in [-0.15, -0.1) is 0 Å². The molecule has 0 spiro atoms. The van der Waals surface area contributed by atoms with Crippen molar-refractivity contribution in [2.24, 2.45) is 0 Å². The van der Waals surface area contributed by atoms with E-state index in [1.54, 1.807) is 0 Å². The molecule has 17 nitrogen and oxygen atoms in total.